The molecule has 152 valence electrons. The molecule has 0 saturated carbocycles. The molecule has 1 N–H and O–H groups in total. The van der Waals surface area contributed by atoms with Crippen molar-refractivity contribution in [1.29, 1.82) is 0 Å². The van der Waals surface area contributed by atoms with Crippen LogP contribution in [0.3, 0.4) is 0 Å². The number of halogens is 1. The van der Waals surface area contributed by atoms with E-state index in [4.69, 9.17) is 21.1 Å². The van der Waals surface area contributed by atoms with E-state index in [1.54, 1.807) is 0 Å². The van der Waals surface area contributed by atoms with Gasteiger partial charge in [0.25, 0.3) is 0 Å². The van der Waals surface area contributed by atoms with E-state index in [9.17, 15) is 0 Å². The van der Waals surface area contributed by atoms with Crippen LogP contribution in [0, 0.1) is 20.8 Å². The maximum absolute atomic E-state index is 6.56. The van der Waals surface area contributed by atoms with Crippen molar-refractivity contribution < 1.29 is 9.47 Å². The Morgan fingerprint density at radius 3 is 2.24 bits per heavy atom. The lowest BCUT2D eigenvalue weighted by molar-refractivity contribution is 0.269. The van der Waals surface area contributed by atoms with Gasteiger partial charge in [0.05, 0.1) is 11.6 Å². The molecule has 0 aliphatic carbocycles. The maximum Gasteiger partial charge on any atom is 0.180 e. The third-order valence-electron chi connectivity index (χ3n) is 4.74. The number of nitrogens with one attached hydrogen (secondary N) is 1. The summed E-state index contributed by atoms with van der Waals surface area (Å²) in [6.45, 7) is 9.88. The minimum atomic E-state index is 0.445. The van der Waals surface area contributed by atoms with E-state index < -0.39 is 0 Å². The summed E-state index contributed by atoms with van der Waals surface area (Å²) in [4.78, 5) is 0. The first kappa shape index (κ1) is 21.1. The molecule has 0 heterocycles. The van der Waals surface area contributed by atoms with E-state index in [-0.39, 0.29) is 0 Å². The SMILES string of the molecule is CCOc1cc(CNc2ccc(C)cc2C)cc(Cl)c1OCc1ccc(C)cc1. The first-order valence-electron chi connectivity index (χ1n) is 9.91. The smallest absolute Gasteiger partial charge is 0.180 e. The summed E-state index contributed by atoms with van der Waals surface area (Å²) in [6, 6.07) is 18.6. The number of rotatable bonds is 8. The molecule has 3 rings (SSSR count). The quantitative estimate of drug-likeness (QED) is 0.441. The van der Waals surface area contributed by atoms with Crippen LogP contribution in [0.25, 0.3) is 0 Å². The van der Waals surface area contributed by atoms with Gasteiger partial charge < -0.3 is 14.8 Å². The van der Waals surface area contributed by atoms with Crippen molar-refractivity contribution in [2.45, 2.75) is 40.8 Å². The number of aryl methyl sites for hydroxylation is 3. The largest absolute Gasteiger partial charge is 0.490 e. The summed E-state index contributed by atoms with van der Waals surface area (Å²) in [6.07, 6.45) is 0. The molecule has 0 aliphatic heterocycles. The van der Waals surface area contributed by atoms with Gasteiger partial charge in [0, 0.05) is 12.2 Å². The van der Waals surface area contributed by atoms with Crippen molar-refractivity contribution in [3.63, 3.8) is 0 Å². The molecule has 0 aliphatic rings. The van der Waals surface area contributed by atoms with Crippen LogP contribution in [0.1, 0.15) is 34.7 Å². The summed E-state index contributed by atoms with van der Waals surface area (Å²) >= 11 is 6.56. The van der Waals surface area contributed by atoms with Gasteiger partial charge >= 0.3 is 0 Å². The van der Waals surface area contributed by atoms with Crippen LogP contribution in [0.5, 0.6) is 11.5 Å². The van der Waals surface area contributed by atoms with Gasteiger partial charge in [-0.3, -0.25) is 0 Å². The monoisotopic (exact) mass is 409 g/mol. The van der Waals surface area contributed by atoms with E-state index in [1.165, 1.54) is 16.7 Å². The zero-order valence-corrected chi connectivity index (χ0v) is 18.3. The summed E-state index contributed by atoms with van der Waals surface area (Å²) < 4.78 is 11.8. The lowest BCUT2D eigenvalue weighted by atomic mass is 10.1. The molecular formula is C25H28ClNO2. The van der Waals surface area contributed by atoms with Crippen molar-refractivity contribution in [3.8, 4) is 11.5 Å². The molecule has 0 spiro atoms. The highest BCUT2D eigenvalue weighted by atomic mass is 35.5. The van der Waals surface area contributed by atoms with Crippen LogP contribution in [0.2, 0.25) is 5.02 Å². The highest BCUT2D eigenvalue weighted by Gasteiger charge is 2.13. The fraction of sp³-hybridized carbons (Fsp3) is 0.280. The second-order valence-corrected chi connectivity index (χ2v) is 7.69. The third-order valence-corrected chi connectivity index (χ3v) is 5.02. The van der Waals surface area contributed by atoms with E-state index in [2.05, 4.69) is 68.6 Å². The fourth-order valence-corrected chi connectivity index (χ4v) is 3.46. The molecule has 0 saturated heterocycles. The first-order chi connectivity index (χ1) is 14.0. The summed E-state index contributed by atoms with van der Waals surface area (Å²) in [5.41, 5.74) is 6.95. The van der Waals surface area contributed by atoms with E-state index in [0.717, 1.165) is 16.8 Å². The molecule has 3 aromatic rings. The molecule has 0 atom stereocenters. The van der Waals surface area contributed by atoms with Crippen molar-refractivity contribution in [1.82, 2.24) is 0 Å². The number of anilines is 1. The van der Waals surface area contributed by atoms with E-state index >= 15 is 0 Å². The molecule has 3 aromatic carbocycles. The minimum Gasteiger partial charge on any atom is -0.490 e. The second kappa shape index (κ2) is 9.71. The third kappa shape index (κ3) is 5.68. The average molecular weight is 410 g/mol. The predicted octanol–water partition coefficient (Wildman–Crippen LogP) is 6.86. The summed E-state index contributed by atoms with van der Waals surface area (Å²) in [5.74, 6) is 1.26. The standard InChI is InChI=1S/C25H28ClNO2/c1-5-28-24-14-21(15-27-23-11-8-18(3)12-19(23)4)13-22(26)25(24)29-16-20-9-6-17(2)7-10-20/h6-14,27H,5,15-16H2,1-4H3. The Balaban J connectivity index is 1.75. The Kier molecular flexibility index (Phi) is 7.05. The van der Waals surface area contributed by atoms with Gasteiger partial charge in [-0.05, 0) is 62.6 Å². The summed E-state index contributed by atoms with van der Waals surface area (Å²) in [5, 5.41) is 4.04. The zero-order valence-electron chi connectivity index (χ0n) is 17.5. The highest BCUT2D eigenvalue weighted by Crippen LogP contribution is 2.37. The van der Waals surface area contributed by atoms with Gasteiger partial charge in [0.2, 0.25) is 0 Å². The van der Waals surface area contributed by atoms with Gasteiger partial charge in [-0.2, -0.15) is 0 Å². The lowest BCUT2D eigenvalue weighted by Crippen LogP contribution is -2.04. The lowest BCUT2D eigenvalue weighted by Gasteiger charge is -2.16. The topological polar surface area (TPSA) is 30.5 Å². The summed E-state index contributed by atoms with van der Waals surface area (Å²) in [7, 11) is 0. The molecule has 0 radical (unpaired) electrons. The highest BCUT2D eigenvalue weighted by molar-refractivity contribution is 6.32. The number of hydrogen-bond acceptors (Lipinski definition) is 3. The Labute approximate surface area is 178 Å². The van der Waals surface area contributed by atoms with Gasteiger partial charge in [-0.15, -0.1) is 0 Å². The van der Waals surface area contributed by atoms with E-state index in [0.29, 0.717) is 36.3 Å². The molecular weight excluding hydrogens is 382 g/mol. The molecule has 0 amide bonds. The zero-order chi connectivity index (χ0) is 20.8. The van der Waals surface area contributed by atoms with Gasteiger partial charge in [-0.1, -0.05) is 59.1 Å². The van der Waals surface area contributed by atoms with Crippen LogP contribution in [-0.2, 0) is 13.2 Å². The molecule has 0 bridgehead atoms. The van der Waals surface area contributed by atoms with E-state index in [1.807, 2.05) is 19.1 Å². The number of hydrogen-bond donors (Lipinski definition) is 1. The molecule has 3 nitrogen and oxygen atoms in total. The molecule has 0 unspecified atom stereocenters. The Bertz CT molecular complexity index is 967. The van der Waals surface area contributed by atoms with Crippen molar-refractivity contribution >= 4 is 17.3 Å². The Morgan fingerprint density at radius 1 is 0.828 bits per heavy atom. The van der Waals surface area contributed by atoms with Crippen LogP contribution in [-0.4, -0.2) is 6.61 Å². The predicted molar refractivity (Wildman–Crippen MR) is 121 cm³/mol. The Hall–Kier alpha value is -2.65. The van der Waals surface area contributed by atoms with Crippen LogP contribution in [0.4, 0.5) is 5.69 Å². The average Bonchev–Trinajstić information content (AvgIpc) is 2.68. The van der Waals surface area contributed by atoms with Crippen molar-refractivity contribution in [3.05, 3.63) is 87.4 Å². The molecule has 4 heteroatoms. The second-order valence-electron chi connectivity index (χ2n) is 7.28. The maximum atomic E-state index is 6.56. The van der Waals surface area contributed by atoms with Crippen molar-refractivity contribution in [2.75, 3.05) is 11.9 Å². The van der Waals surface area contributed by atoms with Crippen LogP contribution in [0.15, 0.2) is 54.6 Å². The van der Waals surface area contributed by atoms with Crippen LogP contribution < -0.4 is 14.8 Å². The molecule has 29 heavy (non-hydrogen) atoms. The fourth-order valence-electron chi connectivity index (χ4n) is 3.18. The molecule has 0 fully saturated rings. The van der Waals surface area contributed by atoms with Gasteiger partial charge in [0.15, 0.2) is 11.5 Å². The molecule has 0 aromatic heterocycles. The minimum absolute atomic E-state index is 0.445. The first-order valence-corrected chi connectivity index (χ1v) is 10.3. The Morgan fingerprint density at radius 2 is 1.55 bits per heavy atom. The number of benzene rings is 3. The van der Waals surface area contributed by atoms with Gasteiger partial charge in [0.1, 0.15) is 6.61 Å². The normalized spacial score (nSPS) is 10.7. The number of ether oxygens (including phenoxy) is 2. The van der Waals surface area contributed by atoms with Crippen LogP contribution >= 0.6 is 11.6 Å². The van der Waals surface area contributed by atoms with Crippen molar-refractivity contribution in [2.24, 2.45) is 0 Å². The van der Waals surface area contributed by atoms with Gasteiger partial charge in [-0.25, -0.2) is 0 Å².